The maximum Gasteiger partial charge on any atom is 0.337 e. The van der Waals surface area contributed by atoms with Gasteiger partial charge >= 0.3 is 5.97 Å². The molecule has 0 radical (unpaired) electrons. The maximum atomic E-state index is 11.6. The van der Waals surface area contributed by atoms with Gasteiger partial charge < -0.3 is 10.4 Å². The maximum absolute atomic E-state index is 11.6. The van der Waals surface area contributed by atoms with Gasteiger partial charge in [-0.3, -0.25) is 4.98 Å². The Kier molecular flexibility index (Phi) is 5.61. The number of nitrogens with zero attached hydrogens (tertiary/aromatic N) is 2. The molecule has 0 aliphatic heterocycles. The van der Waals surface area contributed by atoms with Gasteiger partial charge in [-0.25, -0.2) is 4.79 Å². The van der Waals surface area contributed by atoms with Crippen LogP contribution in [-0.4, -0.2) is 16.1 Å². The molecule has 1 aromatic heterocycles. The molecule has 158 valence electrons. The number of carbonyl (C=O) groups is 1. The minimum absolute atomic E-state index is 0.211. The van der Waals surface area contributed by atoms with Crippen molar-refractivity contribution in [2.45, 2.75) is 26.8 Å². The summed E-state index contributed by atoms with van der Waals surface area (Å²) in [6.07, 6.45) is 0. The Morgan fingerprint density at radius 2 is 1.75 bits per heavy atom. The van der Waals surface area contributed by atoms with Crippen LogP contribution >= 0.6 is 0 Å². The van der Waals surface area contributed by atoms with Crippen LogP contribution in [0, 0.1) is 25.2 Å². The van der Waals surface area contributed by atoms with Crippen molar-refractivity contribution in [1.82, 2.24) is 4.98 Å². The number of aryl methyl sites for hydroxylation is 1. The van der Waals surface area contributed by atoms with E-state index in [0.717, 1.165) is 33.3 Å². The smallest absolute Gasteiger partial charge is 0.337 e. The second-order valence-corrected chi connectivity index (χ2v) is 7.87. The standard InChI is InChI=1S/C27H23N3O2/c1-16-13-22(18(3)30-25-12-8-7-11-20(25)27(31)32)23-14-21(19-9-5-4-6-10-19)17(2)24(15-28)26(23)29-16/h4-14,18,30H,1-3H3,(H,31,32). The van der Waals surface area contributed by atoms with Crippen molar-refractivity contribution in [1.29, 1.82) is 5.26 Å². The van der Waals surface area contributed by atoms with Gasteiger partial charge in [-0.05, 0) is 67.3 Å². The lowest BCUT2D eigenvalue weighted by Gasteiger charge is -2.21. The van der Waals surface area contributed by atoms with Crippen LogP contribution < -0.4 is 5.32 Å². The Balaban J connectivity index is 1.92. The molecule has 1 atom stereocenters. The number of aromatic carboxylic acids is 1. The van der Waals surface area contributed by atoms with Crippen LogP contribution in [-0.2, 0) is 0 Å². The molecule has 0 fully saturated rings. The molecule has 4 aromatic rings. The fraction of sp³-hybridized carbons (Fsp3) is 0.148. The molecule has 0 aliphatic carbocycles. The average Bonchev–Trinajstić information content (AvgIpc) is 2.79. The predicted molar refractivity (Wildman–Crippen MR) is 127 cm³/mol. The first-order valence-electron chi connectivity index (χ1n) is 10.4. The first-order chi connectivity index (χ1) is 15.4. The predicted octanol–water partition coefficient (Wildman–Crippen LogP) is 6.26. The number of carboxylic acid groups (broad SMARTS) is 1. The molecule has 4 rings (SSSR count). The normalized spacial score (nSPS) is 11.7. The largest absolute Gasteiger partial charge is 0.478 e. The highest BCUT2D eigenvalue weighted by atomic mass is 16.4. The van der Waals surface area contributed by atoms with Crippen LogP contribution in [0.25, 0.3) is 22.0 Å². The molecule has 0 saturated heterocycles. The molecule has 0 bridgehead atoms. The number of para-hydroxylation sites is 1. The Morgan fingerprint density at radius 1 is 1.06 bits per heavy atom. The topological polar surface area (TPSA) is 86.0 Å². The lowest BCUT2D eigenvalue weighted by Crippen LogP contribution is -2.12. The summed E-state index contributed by atoms with van der Waals surface area (Å²) in [5.41, 5.74) is 6.67. The summed E-state index contributed by atoms with van der Waals surface area (Å²) in [5.74, 6) is -0.982. The zero-order valence-corrected chi connectivity index (χ0v) is 18.2. The van der Waals surface area contributed by atoms with E-state index in [9.17, 15) is 15.2 Å². The van der Waals surface area contributed by atoms with Gasteiger partial charge in [0.15, 0.2) is 0 Å². The molecule has 1 heterocycles. The summed E-state index contributed by atoms with van der Waals surface area (Å²) in [6.45, 7) is 5.85. The summed E-state index contributed by atoms with van der Waals surface area (Å²) in [5, 5.41) is 23.7. The molecule has 32 heavy (non-hydrogen) atoms. The minimum atomic E-state index is -0.982. The third-order valence-corrected chi connectivity index (χ3v) is 5.72. The van der Waals surface area contributed by atoms with Crippen LogP contribution in [0.5, 0.6) is 0 Å². The molecule has 0 aliphatic rings. The average molecular weight is 422 g/mol. The van der Waals surface area contributed by atoms with Gasteiger partial charge in [-0.1, -0.05) is 42.5 Å². The van der Waals surface area contributed by atoms with Crippen molar-refractivity contribution in [2.75, 3.05) is 5.32 Å². The van der Waals surface area contributed by atoms with Crippen molar-refractivity contribution in [3.63, 3.8) is 0 Å². The molecular weight excluding hydrogens is 398 g/mol. The lowest BCUT2D eigenvalue weighted by molar-refractivity contribution is 0.0698. The molecule has 5 nitrogen and oxygen atoms in total. The van der Waals surface area contributed by atoms with Crippen LogP contribution in [0.4, 0.5) is 5.69 Å². The van der Waals surface area contributed by atoms with Crippen molar-refractivity contribution in [3.8, 4) is 17.2 Å². The molecule has 3 aromatic carbocycles. The number of pyridine rings is 1. The van der Waals surface area contributed by atoms with E-state index in [-0.39, 0.29) is 11.6 Å². The van der Waals surface area contributed by atoms with Gasteiger partial charge in [-0.2, -0.15) is 5.26 Å². The van der Waals surface area contributed by atoms with Gasteiger partial charge in [0.1, 0.15) is 6.07 Å². The Labute approximate surface area is 187 Å². The van der Waals surface area contributed by atoms with Gasteiger partial charge in [-0.15, -0.1) is 0 Å². The zero-order valence-electron chi connectivity index (χ0n) is 18.2. The van der Waals surface area contributed by atoms with Gasteiger partial charge in [0.05, 0.1) is 16.6 Å². The summed E-state index contributed by atoms with van der Waals surface area (Å²) in [4.78, 5) is 16.3. The van der Waals surface area contributed by atoms with Crippen molar-refractivity contribution < 1.29 is 9.90 Å². The highest BCUT2D eigenvalue weighted by Gasteiger charge is 2.19. The SMILES string of the molecule is Cc1cc(C(C)Nc2ccccc2C(=O)O)c2cc(-c3ccccc3)c(C)c(C#N)c2n1. The van der Waals surface area contributed by atoms with Crippen LogP contribution in [0.3, 0.4) is 0 Å². The van der Waals surface area contributed by atoms with E-state index in [4.69, 9.17) is 4.98 Å². The quantitative estimate of drug-likeness (QED) is 0.397. The van der Waals surface area contributed by atoms with Gasteiger partial charge in [0.25, 0.3) is 0 Å². The number of carboxylic acids is 1. The van der Waals surface area contributed by atoms with E-state index in [1.807, 2.05) is 63.2 Å². The summed E-state index contributed by atoms with van der Waals surface area (Å²) < 4.78 is 0. The number of hydrogen-bond acceptors (Lipinski definition) is 4. The van der Waals surface area contributed by atoms with E-state index in [1.165, 1.54) is 0 Å². The number of nitrogens with one attached hydrogen (secondary N) is 1. The Morgan fingerprint density at radius 3 is 2.44 bits per heavy atom. The number of rotatable bonds is 5. The fourth-order valence-electron chi connectivity index (χ4n) is 4.13. The van der Waals surface area contributed by atoms with Crippen LogP contribution in [0.15, 0.2) is 66.7 Å². The van der Waals surface area contributed by atoms with Crippen molar-refractivity contribution in [3.05, 3.63) is 94.7 Å². The molecule has 0 spiro atoms. The second kappa shape index (κ2) is 8.52. The highest BCUT2D eigenvalue weighted by molar-refractivity contribution is 5.96. The first-order valence-corrected chi connectivity index (χ1v) is 10.4. The van der Waals surface area contributed by atoms with E-state index >= 15 is 0 Å². The summed E-state index contributed by atoms with van der Waals surface area (Å²) >= 11 is 0. The lowest BCUT2D eigenvalue weighted by atomic mass is 9.90. The van der Waals surface area contributed by atoms with E-state index in [0.29, 0.717) is 16.8 Å². The summed E-state index contributed by atoms with van der Waals surface area (Å²) in [6, 6.07) is 23.1. The van der Waals surface area contributed by atoms with Gasteiger partial charge in [0, 0.05) is 22.8 Å². The van der Waals surface area contributed by atoms with E-state index in [1.54, 1.807) is 18.2 Å². The molecule has 5 heteroatoms. The molecular formula is C27H23N3O2. The molecule has 2 N–H and O–H groups in total. The molecule has 0 saturated carbocycles. The van der Waals surface area contributed by atoms with Crippen molar-refractivity contribution >= 4 is 22.6 Å². The Hall–Kier alpha value is -4.17. The number of benzene rings is 3. The second-order valence-electron chi connectivity index (χ2n) is 7.87. The van der Waals surface area contributed by atoms with Crippen LogP contribution in [0.2, 0.25) is 0 Å². The van der Waals surface area contributed by atoms with E-state index in [2.05, 4.69) is 17.5 Å². The van der Waals surface area contributed by atoms with Gasteiger partial charge in [0.2, 0.25) is 0 Å². The molecule has 0 amide bonds. The Bertz CT molecular complexity index is 1370. The number of aromatic nitrogens is 1. The summed E-state index contributed by atoms with van der Waals surface area (Å²) in [7, 11) is 0. The highest BCUT2D eigenvalue weighted by Crippen LogP contribution is 2.36. The third-order valence-electron chi connectivity index (χ3n) is 5.72. The monoisotopic (exact) mass is 421 g/mol. The van der Waals surface area contributed by atoms with Crippen LogP contribution in [0.1, 0.15) is 45.7 Å². The number of hydrogen-bond donors (Lipinski definition) is 2. The number of anilines is 1. The zero-order chi connectivity index (χ0) is 22.8. The fourth-order valence-corrected chi connectivity index (χ4v) is 4.13. The molecule has 1 unspecified atom stereocenters. The van der Waals surface area contributed by atoms with E-state index < -0.39 is 5.97 Å². The first kappa shape index (κ1) is 21.1. The van der Waals surface area contributed by atoms with Crippen molar-refractivity contribution in [2.24, 2.45) is 0 Å². The minimum Gasteiger partial charge on any atom is -0.478 e. The third kappa shape index (κ3) is 3.79. The number of nitriles is 1. The number of fused-ring (bicyclic) bond motifs is 1.